The van der Waals surface area contributed by atoms with Gasteiger partial charge in [-0.15, -0.1) is 0 Å². The summed E-state index contributed by atoms with van der Waals surface area (Å²) in [7, 11) is 0. The van der Waals surface area contributed by atoms with Crippen molar-refractivity contribution in [3.05, 3.63) is 58.1 Å². The van der Waals surface area contributed by atoms with E-state index in [2.05, 4.69) is 47.1 Å². The van der Waals surface area contributed by atoms with Crippen LogP contribution in [0.4, 0.5) is 0 Å². The number of hydrogen-bond acceptors (Lipinski definition) is 2. The largest absolute Gasteiger partial charge is 0.481 e. The topological polar surface area (TPSA) is 37.3 Å². The van der Waals surface area contributed by atoms with Gasteiger partial charge in [0.2, 0.25) is 0 Å². The first kappa shape index (κ1) is 15.1. The van der Waals surface area contributed by atoms with E-state index in [0.29, 0.717) is 0 Å². The van der Waals surface area contributed by atoms with Crippen LogP contribution in [0.25, 0.3) is 0 Å². The smallest absolute Gasteiger partial charge is 0.307 e. The predicted molar refractivity (Wildman–Crippen MR) is 85.4 cm³/mol. The molecule has 0 saturated carbocycles. The van der Waals surface area contributed by atoms with Gasteiger partial charge in [-0.05, 0) is 41.8 Å². The van der Waals surface area contributed by atoms with Crippen molar-refractivity contribution in [2.24, 2.45) is 0 Å². The van der Waals surface area contributed by atoms with Crippen LogP contribution in [-0.2, 0) is 17.6 Å². The van der Waals surface area contributed by atoms with Gasteiger partial charge in [-0.25, -0.2) is 0 Å². The molecule has 2 rings (SSSR count). The van der Waals surface area contributed by atoms with Gasteiger partial charge in [-0.2, -0.15) is 0 Å². The van der Waals surface area contributed by atoms with Crippen LogP contribution in [-0.4, -0.2) is 11.1 Å². The van der Waals surface area contributed by atoms with Gasteiger partial charge in [0, 0.05) is 14.3 Å². The predicted octanol–water partition coefficient (Wildman–Crippen LogP) is 4.79. The SMILES string of the molecule is CCc1ccc(Sc2ccc(CC(=O)O)c(Br)c2)cc1. The van der Waals surface area contributed by atoms with Crippen molar-refractivity contribution in [2.75, 3.05) is 0 Å². The van der Waals surface area contributed by atoms with Crippen molar-refractivity contribution in [3.8, 4) is 0 Å². The fourth-order valence-electron chi connectivity index (χ4n) is 1.83. The van der Waals surface area contributed by atoms with E-state index in [1.54, 1.807) is 11.8 Å². The highest BCUT2D eigenvalue weighted by molar-refractivity contribution is 9.10. The molecule has 0 saturated heterocycles. The molecule has 0 heterocycles. The van der Waals surface area contributed by atoms with Gasteiger partial charge in [-0.1, -0.05) is 52.8 Å². The number of benzene rings is 2. The average Bonchev–Trinajstić information content (AvgIpc) is 2.42. The molecule has 20 heavy (non-hydrogen) atoms. The average molecular weight is 351 g/mol. The molecule has 4 heteroatoms. The van der Waals surface area contributed by atoms with Crippen LogP contribution in [0, 0.1) is 0 Å². The van der Waals surface area contributed by atoms with E-state index >= 15 is 0 Å². The molecule has 0 amide bonds. The van der Waals surface area contributed by atoms with Crippen molar-refractivity contribution in [3.63, 3.8) is 0 Å². The summed E-state index contributed by atoms with van der Waals surface area (Å²) in [5.41, 5.74) is 2.12. The van der Waals surface area contributed by atoms with Gasteiger partial charge < -0.3 is 5.11 Å². The third-order valence-corrected chi connectivity index (χ3v) is 4.67. The highest BCUT2D eigenvalue weighted by Gasteiger charge is 2.06. The van der Waals surface area contributed by atoms with E-state index in [1.807, 2.05) is 18.2 Å². The van der Waals surface area contributed by atoms with Crippen LogP contribution in [0.2, 0.25) is 0 Å². The fourth-order valence-corrected chi connectivity index (χ4v) is 3.35. The Kier molecular flexibility index (Phi) is 5.26. The van der Waals surface area contributed by atoms with Gasteiger partial charge in [0.05, 0.1) is 6.42 Å². The number of aryl methyl sites for hydroxylation is 1. The molecule has 0 aliphatic heterocycles. The highest BCUT2D eigenvalue weighted by Crippen LogP contribution is 2.31. The first-order valence-electron chi connectivity index (χ1n) is 6.35. The lowest BCUT2D eigenvalue weighted by Gasteiger charge is -2.06. The molecule has 0 spiro atoms. The summed E-state index contributed by atoms with van der Waals surface area (Å²) >= 11 is 5.11. The monoisotopic (exact) mass is 350 g/mol. The lowest BCUT2D eigenvalue weighted by atomic mass is 10.1. The summed E-state index contributed by atoms with van der Waals surface area (Å²) < 4.78 is 0.843. The Morgan fingerprint density at radius 1 is 1.15 bits per heavy atom. The second kappa shape index (κ2) is 6.95. The molecule has 0 fully saturated rings. The normalized spacial score (nSPS) is 10.5. The summed E-state index contributed by atoms with van der Waals surface area (Å²) in [6, 6.07) is 14.3. The molecule has 2 aromatic rings. The molecule has 0 bridgehead atoms. The molecule has 2 nitrogen and oxygen atoms in total. The van der Waals surface area contributed by atoms with Crippen molar-refractivity contribution in [1.29, 1.82) is 0 Å². The number of aliphatic carboxylic acids is 1. The molecular formula is C16H15BrO2S. The minimum atomic E-state index is -0.818. The standard InChI is InChI=1S/C16H15BrO2S/c1-2-11-3-6-13(7-4-11)20-14-8-5-12(9-16(18)19)15(17)10-14/h3-8,10H,2,9H2,1H3,(H,18,19). The molecule has 0 atom stereocenters. The molecule has 0 aliphatic rings. The molecule has 104 valence electrons. The van der Waals surface area contributed by atoms with Crippen LogP contribution >= 0.6 is 27.7 Å². The zero-order chi connectivity index (χ0) is 14.5. The number of hydrogen-bond donors (Lipinski definition) is 1. The zero-order valence-electron chi connectivity index (χ0n) is 11.1. The summed E-state index contributed by atoms with van der Waals surface area (Å²) in [6.07, 6.45) is 1.08. The molecule has 0 aliphatic carbocycles. The number of halogens is 1. The van der Waals surface area contributed by atoms with Crippen LogP contribution in [0.5, 0.6) is 0 Å². The Morgan fingerprint density at radius 3 is 2.35 bits per heavy atom. The molecular weight excluding hydrogens is 336 g/mol. The molecule has 2 aromatic carbocycles. The number of carboxylic acid groups (broad SMARTS) is 1. The maximum atomic E-state index is 10.7. The van der Waals surface area contributed by atoms with E-state index in [-0.39, 0.29) is 6.42 Å². The maximum absolute atomic E-state index is 10.7. The lowest BCUT2D eigenvalue weighted by molar-refractivity contribution is -0.136. The Labute approximate surface area is 131 Å². The van der Waals surface area contributed by atoms with Crippen LogP contribution in [0.15, 0.2) is 56.7 Å². The second-order valence-electron chi connectivity index (χ2n) is 4.42. The maximum Gasteiger partial charge on any atom is 0.307 e. The summed E-state index contributed by atoms with van der Waals surface area (Å²) in [5.74, 6) is -0.818. The number of carbonyl (C=O) groups is 1. The first-order valence-corrected chi connectivity index (χ1v) is 7.96. The van der Waals surface area contributed by atoms with E-state index in [1.165, 1.54) is 10.5 Å². The Hall–Kier alpha value is -1.26. The first-order chi connectivity index (χ1) is 9.58. The molecule has 1 N–H and O–H groups in total. The number of carboxylic acids is 1. The lowest BCUT2D eigenvalue weighted by Crippen LogP contribution is -2.00. The van der Waals surface area contributed by atoms with Crippen molar-refractivity contribution < 1.29 is 9.90 Å². The Balaban J connectivity index is 2.13. The van der Waals surface area contributed by atoms with Crippen molar-refractivity contribution in [1.82, 2.24) is 0 Å². The molecule has 0 radical (unpaired) electrons. The van der Waals surface area contributed by atoms with E-state index in [0.717, 1.165) is 21.4 Å². The molecule has 0 unspecified atom stereocenters. The van der Waals surface area contributed by atoms with E-state index < -0.39 is 5.97 Å². The minimum Gasteiger partial charge on any atom is -0.481 e. The quantitative estimate of drug-likeness (QED) is 0.842. The van der Waals surface area contributed by atoms with Gasteiger partial charge in [0.25, 0.3) is 0 Å². The summed E-state index contributed by atoms with van der Waals surface area (Å²) in [6.45, 7) is 2.14. The minimum absolute atomic E-state index is 0.0384. The van der Waals surface area contributed by atoms with Gasteiger partial charge in [0.15, 0.2) is 0 Å². The number of rotatable bonds is 5. The third-order valence-electron chi connectivity index (χ3n) is 2.93. The van der Waals surface area contributed by atoms with Crippen molar-refractivity contribution >= 4 is 33.7 Å². The van der Waals surface area contributed by atoms with Crippen molar-refractivity contribution in [2.45, 2.75) is 29.6 Å². The Bertz CT molecular complexity index is 608. The fraction of sp³-hybridized carbons (Fsp3) is 0.188. The van der Waals surface area contributed by atoms with Gasteiger partial charge in [0.1, 0.15) is 0 Å². The second-order valence-corrected chi connectivity index (χ2v) is 6.42. The van der Waals surface area contributed by atoms with Crippen LogP contribution in [0.3, 0.4) is 0 Å². The van der Waals surface area contributed by atoms with Crippen LogP contribution < -0.4 is 0 Å². The van der Waals surface area contributed by atoms with Crippen LogP contribution in [0.1, 0.15) is 18.1 Å². The third kappa shape index (κ3) is 4.12. The Morgan fingerprint density at radius 2 is 1.80 bits per heavy atom. The van der Waals surface area contributed by atoms with Gasteiger partial charge >= 0.3 is 5.97 Å². The summed E-state index contributed by atoms with van der Waals surface area (Å²) in [5, 5.41) is 8.82. The van der Waals surface area contributed by atoms with E-state index in [9.17, 15) is 4.79 Å². The zero-order valence-corrected chi connectivity index (χ0v) is 13.5. The molecule has 0 aromatic heterocycles. The van der Waals surface area contributed by atoms with Gasteiger partial charge in [-0.3, -0.25) is 4.79 Å². The summed E-state index contributed by atoms with van der Waals surface area (Å²) in [4.78, 5) is 13.0. The highest BCUT2D eigenvalue weighted by atomic mass is 79.9. The van der Waals surface area contributed by atoms with E-state index in [4.69, 9.17) is 5.11 Å².